The summed E-state index contributed by atoms with van der Waals surface area (Å²) in [6.07, 6.45) is 4.17. The average molecular weight is 356 g/mol. The van der Waals surface area contributed by atoms with Gasteiger partial charge < -0.3 is 9.97 Å². The van der Waals surface area contributed by atoms with Crippen LogP contribution < -0.4 is 0 Å². The first kappa shape index (κ1) is 16.3. The number of H-pyrrole nitrogens is 2. The second-order valence-electron chi connectivity index (χ2n) is 7.33. The number of imidazole rings is 1. The van der Waals surface area contributed by atoms with Crippen molar-refractivity contribution in [2.45, 2.75) is 32.4 Å². The number of rotatable bonds is 4. The van der Waals surface area contributed by atoms with Gasteiger partial charge in [-0.2, -0.15) is 0 Å². The lowest BCUT2D eigenvalue weighted by Crippen LogP contribution is -2.34. The molecule has 0 spiro atoms. The molecule has 4 heteroatoms. The molecule has 4 aromatic rings. The minimum absolute atomic E-state index is 0.421. The van der Waals surface area contributed by atoms with Gasteiger partial charge >= 0.3 is 0 Å². The van der Waals surface area contributed by atoms with E-state index in [-0.39, 0.29) is 0 Å². The molecule has 0 saturated heterocycles. The molecule has 0 bridgehead atoms. The predicted molar refractivity (Wildman–Crippen MR) is 109 cm³/mol. The topological polar surface area (TPSA) is 47.7 Å². The molecule has 1 unspecified atom stereocenters. The molecule has 2 aromatic heterocycles. The summed E-state index contributed by atoms with van der Waals surface area (Å²) in [5.74, 6) is 0.946. The Labute approximate surface area is 159 Å². The molecule has 2 N–H and O–H groups in total. The van der Waals surface area contributed by atoms with E-state index < -0.39 is 0 Å². The number of nitrogens with one attached hydrogen (secondary N) is 2. The fraction of sp³-hybridized carbons (Fsp3) is 0.261. The van der Waals surface area contributed by atoms with Gasteiger partial charge in [0.25, 0.3) is 0 Å². The van der Waals surface area contributed by atoms with Crippen molar-refractivity contribution in [3.05, 3.63) is 77.7 Å². The summed E-state index contributed by atoms with van der Waals surface area (Å²) in [4.78, 5) is 14.4. The van der Waals surface area contributed by atoms with E-state index in [0.717, 1.165) is 37.3 Å². The van der Waals surface area contributed by atoms with Gasteiger partial charge in [-0.15, -0.1) is 0 Å². The molecule has 0 radical (unpaired) electrons. The first-order valence-corrected chi connectivity index (χ1v) is 9.76. The van der Waals surface area contributed by atoms with E-state index in [2.05, 4.69) is 63.2 Å². The van der Waals surface area contributed by atoms with Crippen molar-refractivity contribution in [3.63, 3.8) is 0 Å². The highest BCUT2D eigenvalue weighted by Crippen LogP contribution is 2.36. The maximum Gasteiger partial charge on any atom is 0.137 e. The number of aromatic nitrogens is 3. The third-order valence-electron chi connectivity index (χ3n) is 5.71. The lowest BCUT2D eigenvalue weighted by Gasteiger charge is -2.35. The van der Waals surface area contributed by atoms with Crippen LogP contribution in [0.3, 0.4) is 0 Å². The second-order valence-corrected chi connectivity index (χ2v) is 7.33. The van der Waals surface area contributed by atoms with Gasteiger partial charge in [-0.3, -0.25) is 4.90 Å². The number of hydrogen-bond donors (Lipinski definition) is 2. The third-order valence-corrected chi connectivity index (χ3v) is 5.71. The van der Waals surface area contributed by atoms with Gasteiger partial charge in [-0.25, -0.2) is 4.98 Å². The van der Waals surface area contributed by atoms with Crippen LogP contribution in [0.1, 0.15) is 36.3 Å². The minimum atomic E-state index is 0.421. The third kappa shape index (κ3) is 2.86. The predicted octanol–water partition coefficient (Wildman–Crippen LogP) is 5.07. The normalized spacial score (nSPS) is 17.3. The number of fused-ring (bicyclic) bond motifs is 3. The Morgan fingerprint density at radius 2 is 1.85 bits per heavy atom. The van der Waals surface area contributed by atoms with E-state index in [1.54, 1.807) is 0 Å². The molecule has 136 valence electrons. The van der Waals surface area contributed by atoms with Crippen molar-refractivity contribution in [2.75, 3.05) is 6.54 Å². The Morgan fingerprint density at radius 1 is 1.04 bits per heavy atom. The van der Waals surface area contributed by atoms with E-state index in [0.29, 0.717) is 6.04 Å². The van der Waals surface area contributed by atoms with Gasteiger partial charge in [-0.05, 0) is 24.5 Å². The van der Waals surface area contributed by atoms with E-state index in [1.165, 1.54) is 27.9 Å². The molecule has 0 amide bonds. The van der Waals surface area contributed by atoms with Crippen molar-refractivity contribution in [1.29, 1.82) is 0 Å². The van der Waals surface area contributed by atoms with Crippen LogP contribution in [0.5, 0.6) is 0 Å². The molecular formula is C23H24N4. The van der Waals surface area contributed by atoms with E-state index in [1.807, 2.05) is 24.4 Å². The summed E-state index contributed by atoms with van der Waals surface area (Å²) in [6.45, 7) is 4.25. The molecule has 1 aliphatic heterocycles. The van der Waals surface area contributed by atoms with Gasteiger partial charge in [-0.1, -0.05) is 55.5 Å². The summed E-state index contributed by atoms with van der Waals surface area (Å²) in [5, 5.41) is 1.39. The van der Waals surface area contributed by atoms with Gasteiger partial charge in [0.1, 0.15) is 5.82 Å². The summed E-state index contributed by atoms with van der Waals surface area (Å²) in [5.41, 5.74) is 6.46. The molecule has 4 nitrogen and oxygen atoms in total. The van der Waals surface area contributed by atoms with Crippen LogP contribution in [0.2, 0.25) is 0 Å². The van der Waals surface area contributed by atoms with Gasteiger partial charge in [0.05, 0.1) is 6.04 Å². The van der Waals surface area contributed by atoms with Gasteiger partial charge in [0, 0.05) is 47.1 Å². The molecule has 0 saturated carbocycles. The van der Waals surface area contributed by atoms with Crippen molar-refractivity contribution >= 4 is 10.9 Å². The van der Waals surface area contributed by atoms with E-state index >= 15 is 0 Å². The SMILES string of the molecule is CCC1c2[nH]c3ccccc3c2CCN1Cc1cnc(-c2ccccc2)[nH]1. The summed E-state index contributed by atoms with van der Waals surface area (Å²) in [6, 6.07) is 19.4. The minimum Gasteiger partial charge on any atom is -0.357 e. The Morgan fingerprint density at radius 3 is 2.70 bits per heavy atom. The largest absolute Gasteiger partial charge is 0.357 e. The Balaban J connectivity index is 1.42. The van der Waals surface area contributed by atoms with Crippen LogP contribution >= 0.6 is 0 Å². The van der Waals surface area contributed by atoms with Crippen LogP contribution in [0.4, 0.5) is 0 Å². The van der Waals surface area contributed by atoms with Crippen LogP contribution in [-0.2, 0) is 13.0 Å². The smallest absolute Gasteiger partial charge is 0.137 e. The highest BCUT2D eigenvalue weighted by Gasteiger charge is 2.29. The van der Waals surface area contributed by atoms with Crippen LogP contribution in [0.15, 0.2) is 60.8 Å². The standard InChI is InChI=1S/C23H24N4/c1-2-21-22-19(18-10-6-7-11-20(18)26-22)12-13-27(21)15-17-14-24-23(25-17)16-8-4-3-5-9-16/h3-11,14,21,26H,2,12-13,15H2,1H3,(H,24,25). The zero-order chi connectivity index (χ0) is 18.2. The van der Waals surface area contributed by atoms with Gasteiger partial charge in [0.2, 0.25) is 0 Å². The first-order valence-electron chi connectivity index (χ1n) is 9.76. The van der Waals surface area contributed by atoms with E-state index in [4.69, 9.17) is 0 Å². The maximum atomic E-state index is 4.59. The number of nitrogens with zero attached hydrogens (tertiary/aromatic N) is 2. The quantitative estimate of drug-likeness (QED) is 0.536. The maximum absolute atomic E-state index is 4.59. The second kappa shape index (κ2) is 6.71. The monoisotopic (exact) mass is 356 g/mol. The van der Waals surface area contributed by atoms with Crippen molar-refractivity contribution in [3.8, 4) is 11.4 Å². The molecule has 27 heavy (non-hydrogen) atoms. The van der Waals surface area contributed by atoms with E-state index in [9.17, 15) is 0 Å². The molecule has 2 aromatic carbocycles. The number of aromatic amines is 2. The molecule has 0 aliphatic carbocycles. The number of benzene rings is 2. The number of hydrogen-bond acceptors (Lipinski definition) is 2. The zero-order valence-corrected chi connectivity index (χ0v) is 15.6. The van der Waals surface area contributed by atoms with Crippen molar-refractivity contribution in [1.82, 2.24) is 19.9 Å². The Hall–Kier alpha value is -2.85. The average Bonchev–Trinajstić information content (AvgIpc) is 3.33. The lowest BCUT2D eigenvalue weighted by molar-refractivity contribution is 0.167. The molecule has 3 heterocycles. The van der Waals surface area contributed by atoms with Crippen LogP contribution in [0.25, 0.3) is 22.3 Å². The van der Waals surface area contributed by atoms with Crippen LogP contribution in [-0.4, -0.2) is 26.4 Å². The molecule has 1 atom stereocenters. The zero-order valence-electron chi connectivity index (χ0n) is 15.6. The molecular weight excluding hydrogens is 332 g/mol. The fourth-order valence-electron chi connectivity index (χ4n) is 4.42. The first-order chi connectivity index (χ1) is 13.3. The van der Waals surface area contributed by atoms with Crippen molar-refractivity contribution in [2.24, 2.45) is 0 Å². The summed E-state index contributed by atoms with van der Waals surface area (Å²) in [7, 11) is 0. The summed E-state index contributed by atoms with van der Waals surface area (Å²) < 4.78 is 0. The molecule has 5 rings (SSSR count). The fourth-order valence-corrected chi connectivity index (χ4v) is 4.42. The lowest BCUT2D eigenvalue weighted by atomic mass is 9.95. The Bertz CT molecular complexity index is 1060. The number of para-hydroxylation sites is 1. The highest BCUT2D eigenvalue weighted by atomic mass is 15.2. The molecule has 0 fully saturated rings. The van der Waals surface area contributed by atoms with Gasteiger partial charge in [0.15, 0.2) is 0 Å². The van der Waals surface area contributed by atoms with Crippen LogP contribution in [0, 0.1) is 0 Å². The highest BCUT2D eigenvalue weighted by molar-refractivity contribution is 5.85. The van der Waals surface area contributed by atoms with Crippen molar-refractivity contribution < 1.29 is 0 Å². The summed E-state index contributed by atoms with van der Waals surface area (Å²) >= 11 is 0. The molecule has 1 aliphatic rings. The Kier molecular flexibility index (Phi) is 4.06.